The predicted molar refractivity (Wildman–Crippen MR) is 83.0 cm³/mol. The molecule has 1 heterocycles. The van der Waals surface area contributed by atoms with Crippen molar-refractivity contribution in [3.05, 3.63) is 71.3 Å². The van der Waals surface area contributed by atoms with Gasteiger partial charge in [0.1, 0.15) is 0 Å². The van der Waals surface area contributed by atoms with E-state index in [9.17, 15) is 4.79 Å². The molecule has 2 N–H and O–H groups in total. The molecule has 1 aromatic carbocycles. The molecule has 0 radical (unpaired) electrons. The van der Waals surface area contributed by atoms with E-state index in [0.29, 0.717) is 11.8 Å². The van der Waals surface area contributed by atoms with Crippen molar-refractivity contribution in [2.45, 2.75) is 17.8 Å². The van der Waals surface area contributed by atoms with Crippen molar-refractivity contribution < 1.29 is 4.79 Å². The number of benzene rings is 1. The van der Waals surface area contributed by atoms with E-state index < -0.39 is 0 Å². The number of carbonyl (C=O) groups excluding carboxylic acids is 1. The third-order valence-corrected chi connectivity index (χ3v) is 4.55. The van der Waals surface area contributed by atoms with Gasteiger partial charge in [0, 0.05) is 12.7 Å². The van der Waals surface area contributed by atoms with Gasteiger partial charge in [0.05, 0.1) is 16.2 Å². The topological polar surface area (TPSA) is 41.1 Å². The molecule has 0 spiro atoms. The van der Waals surface area contributed by atoms with Crippen molar-refractivity contribution in [3.8, 4) is 0 Å². The second-order valence-corrected chi connectivity index (χ2v) is 5.94. The van der Waals surface area contributed by atoms with Crippen molar-refractivity contribution >= 4 is 17.7 Å². The molecule has 0 bridgehead atoms. The summed E-state index contributed by atoms with van der Waals surface area (Å²) in [4.78, 5) is 12.9. The van der Waals surface area contributed by atoms with E-state index in [4.69, 9.17) is 0 Å². The average Bonchev–Trinajstić information content (AvgIpc) is 2.53. The van der Waals surface area contributed by atoms with E-state index in [-0.39, 0.29) is 11.9 Å². The fraction of sp³-hybridized carbons (Fsp3) is 0.188. The van der Waals surface area contributed by atoms with Gasteiger partial charge >= 0.3 is 0 Å². The normalized spacial score (nSPS) is 23.5. The Hall–Kier alpha value is -1.94. The Balaban J connectivity index is 1.59. The van der Waals surface area contributed by atoms with Gasteiger partial charge in [0.15, 0.2) is 0 Å². The Morgan fingerprint density at radius 3 is 2.85 bits per heavy atom. The molecular weight excluding hydrogens is 268 g/mol. The van der Waals surface area contributed by atoms with Gasteiger partial charge in [-0.15, -0.1) is 11.8 Å². The summed E-state index contributed by atoms with van der Waals surface area (Å²) in [5.41, 5.74) is 1.11. The van der Waals surface area contributed by atoms with E-state index in [2.05, 4.69) is 22.8 Å². The molecule has 20 heavy (non-hydrogen) atoms. The van der Waals surface area contributed by atoms with Crippen LogP contribution in [-0.2, 0) is 11.3 Å². The Morgan fingerprint density at radius 1 is 1.20 bits per heavy atom. The highest BCUT2D eigenvalue weighted by Crippen LogP contribution is 2.30. The molecule has 3 rings (SSSR count). The van der Waals surface area contributed by atoms with Gasteiger partial charge in [-0.05, 0) is 5.56 Å². The SMILES string of the molecule is O=C(NCc1ccccc1)C1=CNC2C=CC=CC2S1. The zero-order valence-corrected chi connectivity index (χ0v) is 11.8. The first kappa shape index (κ1) is 13.1. The molecular formula is C16H16N2OS. The second kappa shape index (κ2) is 6.01. The summed E-state index contributed by atoms with van der Waals surface area (Å²) in [6.45, 7) is 0.557. The molecule has 1 aromatic rings. The summed E-state index contributed by atoms with van der Waals surface area (Å²) in [6.07, 6.45) is 10.1. The van der Waals surface area contributed by atoms with Crippen molar-refractivity contribution in [2.75, 3.05) is 0 Å². The van der Waals surface area contributed by atoms with Crippen molar-refractivity contribution in [3.63, 3.8) is 0 Å². The van der Waals surface area contributed by atoms with Crippen LogP contribution in [0.25, 0.3) is 0 Å². The fourth-order valence-electron chi connectivity index (χ4n) is 2.19. The number of amides is 1. The van der Waals surface area contributed by atoms with Crippen molar-refractivity contribution in [1.82, 2.24) is 10.6 Å². The maximum Gasteiger partial charge on any atom is 0.259 e. The summed E-state index contributed by atoms with van der Waals surface area (Å²) < 4.78 is 0. The molecule has 2 aliphatic rings. The van der Waals surface area contributed by atoms with E-state index in [1.165, 1.54) is 0 Å². The predicted octanol–water partition coefficient (Wildman–Crippen LogP) is 2.34. The summed E-state index contributed by atoms with van der Waals surface area (Å²) in [5, 5.41) is 6.52. The first-order valence-corrected chi connectivity index (χ1v) is 7.51. The minimum Gasteiger partial charge on any atom is -0.382 e. The van der Waals surface area contributed by atoms with Crippen molar-refractivity contribution in [2.24, 2.45) is 0 Å². The van der Waals surface area contributed by atoms with Gasteiger partial charge in [-0.1, -0.05) is 54.6 Å². The van der Waals surface area contributed by atoms with Gasteiger partial charge in [0.2, 0.25) is 0 Å². The lowest BCUT2D eigenvalue weighted by molar-refractivity contribution is -0.117. The van der Waals surface area contributed by atoms with Crippen LogP contribution in [-0.4, -0.2) is 17.2 Å². The third-order valence-electron chi connectivity index (χ3n) is 3.27. The molecule has 3 nitrogen and oxygen atoms in total. The van der Waals surface area contributed by atoms with Crippen LogP contribution >= 0.6 is 11.8 Å². The molecule has 0 saturated carbocycles. The first-order chi connectivity index (χ1) is 9.83. The van der Waals surface area contributed by atoms with Crippen LogP contribution < -0.4 is 10.6 Å². The molecule has 0 fully saturated rings. The standard InChI is InChI=1S/C16H16N2OS/c19-16(18-10-12-6-2-1-3-7-12)15-11-17-13-8-4-5-9-14(13)20-15/h1-9,11,13-14,17H,10H2,(H,18,19). The number of nitrogens with one attached hydrogen (secondary N) is 2. The van der Waals surface area contributed by atoms with Crippen LogP contribution in [0.4, 0.5) is 0 Å². The zero-order valence-electron chi connectivity index (χ0n) is 11.0. The maximum atomic E-state index is 12.2. The molecule has 1 amide bonds. The smallest absolute Gasteiger partial charge is 0.259 e. The largest absolute Gasteiger partial charge is 0.382 e. The van der Waals surface area contributed by atoms with Gasteiger partial charge in [-0.25, -0.2) is 0 Å². The number of allylic oxidation sites excluding steroid dienone is 2. The van der Waals surface area contributed by atoms with Crippen LogP contribution in [0, 0.1) is 0 Å². The highest BCUT2D eigenvalue weighted by molar-refractivity contribution is 8.04. The number of hydrogen-bond donors (Lipinski definition) is 2. The Kier molecular flexibility index (Phi) is 3.92. The highest BCUT2D eigenvalue weighted by Gasteiger charge is 2.26. The molecule has 1 aliphatic carbocycles. The van der Waals surface area contributed by atoms with Crippen LogP contribution in [0.15, 0.2) is 65.7 Å². The monoisotopic (exact) mass is 284 g/mol. The summed E-state index contributed by atoms with van der Waals surface area (Å²) in [7, 11) is 0. The highest BCUT2D eigenvalue weighted by atomic mass is 32.2. The van der Waals surface area contributed by atoms with E-state index in [1.807, 2.05) is 48.7 Å². The fourth-order valence-corrected chi connectivity index (χ4v) is 3.28. The van der Waals surface area contributed by atoms with Crippen LogP contribution in [0.1, 0.15) is 5.56 Å². The number of carbonyl (C=O) groups is 1. The molecule has 102 valence electrons. The van der Waals surface area contributed by atoms with Crippen LogP contribution in [0.5, 0.6) is 0 Å². The zero-order chi connectivity index (χ0) is 13.8. The van der Waals surface area contributed by atoms with Gasteiger partial charge in [0.25, 0.3) is 5.91 Å². The van der Waals surface area contributed by atoms with Gasteiger partial charge in [-0.2, -0.15) is 0 Å². The number of thioether (sulfide) groups is 1. The Bertz CT molecular complexity index is 577. The van der Waals surface area contributed by atoms with Gasteiger partial charge < -0.3 is 10.6 Å². The Morgan fingerprint density at radius 2 is 2.00 bits per heavy atom. The maximum absolute atomic E-state index is 12.2. The lowest BCUT2D eigenvalue weighted by atomic mass is 10.1. The molecule has 0 aromatic heterocycles. The van der Waals surface area contributed by atoms with E-state index >= 15 is 0 Å². The minimum atomic E-state index is -0.0206. The van der Waals surface area contributed by atoms with E-state index in [1.54, 1.807) is 11.8 Å². The Labute approximate surface area is 122 Å². The van der Waals surface area contributed by atoms with E-state index in [0.717, 1.165) is 10.5 Å². The summed E-state index contributed by atoms with van der Waals surface area (Å²) >= 11 is 1.61. The average molecular weight is 284 g/mol. The lowest BCUT2D eigenvalue weighted by Crippen LogP contribution is -2.38. The van der Waals surface area contributed by atoms with Crippen molar-refractivity contribution in [1.29, 1.82) is 0 Å². The number of hydrogen-bond acceptors (Lipinski definition) is 3. The number of fused-ring (bicyclic) bond motifs is 1. The minimum absolute atomic E-state index is 0.0206. The molecule has 2 unspecified atom stereocenters. The third kappa shape index (κ3) is 2.96. The first-order valence-electron chi connectivity index (χ1n) is 6.63. The molecule has 0 saturated heterocycles. The second-order valence-electron chi connectivity index (χ2n) is 4.72. The van der Waals surface area contributed by atoms with Gasteiger partial charge in [-0.3, -0.25) is 4.79 Å². The van der Waals surface area contributed by atoms with Crippen LogP contribution in [0.3, 0.4) is 0 Å². The number of rotatable bonds is 3. The molecule has 1 aliphatic heterocycles. The lowest BCUT2D eigenvalue weighted by Gasteiger charge is -2.29. The molecule has 4 heteroatoms. The van der Waals surface area contributed by atoms with Crippen LogP contribution in [0.2, 0.25) is 0 Å². The quantitative estimate of drug-likeness (QED) is 0.895. The molecule has 2 atom stereocenters. The summed E-state index contributed by atoms with van der Waals surface area (Å²) in [5.74, 6) is -0.0206. The summed E-state index contributed by atoms with van der Waals surface area (Å²) in [6, 6.07) is 10.2.